The Morgan fingerprint density at radius 3 is 2.51 bits per heavy atom. The average Bonchev–Trinajstić information content (AvgIpc) is 3.70. The molecule has 1 unspecified atom stereocenters. The van der Waals surface area contributed by atoms with Gasteiger partial charge in [0.15, 0.2) is 0 Å². The van der Waals surface area contributed by atoms with Crippen LogP contribution < -0.4 is 5.32 Å². The summed E-state index contributed by atoms with van der Waals surface area (Å²) in [6, 6.07) is 9.67. The van der Waals surface area contributed by atoms with Gasteiger partial charge in [-0.3, -0.25) is 13.8 Å². The van der Waals surface area contributed by atoms with Gasteiger partial charge >= 0.3 is 5.97 Å². The van der Waals surface area contributed by atoms with Crippen molar-refractivity contribution >= 4 is 34.2 Å². The fraction of sp³-hybridized carbons (Fsp3) is 0.516. The lowest BCUT2D eigenvalue weighted by Gasteiger charge is -2.27. The monoisotopic (exact) mass is 582 g/mol. The van der Waals surface area contributed by atoms with Crippen molar-refractivity contribution < 1.29 is 27.5 Å². The highest BCUT2D eigenvalue weighted by Crippen LogP contribution is 2.44. The van der Waals surface area contributed by atoms with Crippen LogP contribution in [0.25, 0.3) is 22.4 Å². The van der Waals surface area contributed by atoms with Crippen molar-refractivity contribution in [1.82, 2.24) is 14.6 Å². The molecule has 1 amide bonds. The van der Waals surface area contributed by atoms with E-state index in [-0.39, 0.29) is 36.8 Å². The van der Waals surface area contributed by atoms with Crippen molar-refractivity contribution in [2.24, 2.45) is 11.3 Å². The fourth-order valence-corrected chi connectivity index (χ4v) is 5.32. The lowest BCUT2D eigenvalue weighted by molar-refractivity contribution is -0.155. The predicted molar refractivity (Wildman–Crippen MR) is 158 cm³/mol. The van der Waals surface area contributed by atoms with E-state index in [2.05, 4.69) is 5.32 Å². The van der Waals surface area contributed by atoms with Crippen molar-refractivity contribution in [3.05, 3.63) is 52.7 Å². The van der Waals surface area contributed by atoms with Gasteiger partial charge in [-0.1, -0.05) is 43.7 Å². The topological polar surface area (TPSA) is 125 Å². The maximum absolute atomic E-state index is 13.0. The molecule has 1 aromatic carbocycles. The van der Waals surface area contributed by atoms with E-state index >= 15 is 0 Å². The van der Waals surface area contributed by atoms with Crippen LogP contribution in [0.2, 0.25) is 0 Å². The standard InChI is InChI=1S/C31H41N3O6S/c1-19(2)18-39-30(36)31(4,5)14-7-15-34(41(37)38)17-25-23(21-12-13-21)16-24-26(28(35)32-6)27(40-29(24)33-25)22-10-8-20(3)9-11-22/h8-11,16,19,21H,7,12-15,17-18H2,1-6H3,(H,32,35)(H,37,38)/p-1. The van der Waals surface area contributed by atoms with E-state index in [0.29, 0.717) is 47.6 Å². The van der Waals surface area contributed by atoms with Crippen molar-refractivity contribution in [3.63, 3.8) is 0 Å². The number of hydrogen-bond acceptors (Lipinski definition) is 7. The molecule has 1 N–H and O–H groups in total. The molecule has 2 heterocycles. The molecule has 3 aromatic rings. The molecule has 1 atom stereocenters. The molecule has 0 aliphatic heterocycles. The molecule has 9 nitrogen and oxygen atoms in total. The zero-order chi connectivity index (χ0) is 29.9. The van der Waals surface area contributed by atoms with Gasteiger partial charge in [-0.05, 0) is 69.9 Å². The Morgan fingerprint density at radius 2 is 1.93 bits per heavy atom. The first-order chi connectivity index (χ1) is 19.4. The van der Waals surface area contributed by atoms with Crippen LogP contribution >= 0.6 is 0 Å². The number of ether oxygens (including phenoxy) is 1. The first kappa shape index (κ1) is 30.9. The van der Waals surface area contributed by atoms with Crippen LogP contribution in [0.3, 0.4) is 0 Å². The number of nitrogens with one attached hydrogen (secondary N) is 1. The number of amides is 1. The summed E-state index contributed by atoms with van der Waals surface area (Å²) in [5, 5.41) is 3.33. The fourth-order valence-electron chi connectivity index (χ4n) is 4.82. The molecular weight excluding hydrogens is 542 g/mol. The Kier molecular flexibility index (Phi) is 9.66. The van der Waals surface area contributed by atoms with Gasteiger partial charge in [0.25, 0.3) is 5.91 Å². The summed E-state index contributed by atoms with van der Waals surface area (Å²) < 4.78 is 37.4. The molecular formula is C31H40N3O6S-. The second-order valence-electron chi connectivity index (χ2n) is 12.0. The van der Waals surface area contributed by atoms with E-state index in [0.717, 1.165) is 29.5 Å². The van der Waals surface area contributed by atoms with E-state index in [1.807, 2.05) is 65.0 Å². The van der Waals surface area contributed by atoms with Crippen LogP contribution in [-0.2, 0) is 27.3 Å². The number of rotatable bonds is 13. The number of carbonyl (C=O) groups is 2. The number of furan rings is 1. The van der Waals surface area contributed by atoms with Gasteiger partial charge in [0.05, 0.1) is 35.2 Å². The lowest BCUT2D eigenvalue weighted by Crippen LogP contribution is -2.31. The normalized spacial score (nSPS) is 14.6. The molecule has 1 saturated carbocycles. The largest absolute Gasteiger partial charge is 0.760 e. The first-order valence-electron chi connectivity index (χ1n) is 14.2. The Balaban J connectivity index is 1.61. The number of aryl methyl sites for hydroxylation is 1. The SMILES string of the molecule is CNC(=O)c1c(-c2ccc(C)cc2)oc2nc(CN(CCCC(C)(C)C(=O)OCC(C)C)S(=O)[O-])c(C3CC3)cc12. The van der Waals surface area contributed by atoms with Crippen LogP contribution in [0.4, 0.5) is 0 Å². The van der Waals surface area contributed by atoms with Gasteiger partial charge in [-0.2, -0.15) is 0 Å². The highest BCUT2D eigenvalue weighted by molar-refractivity contribution is 7.76. The average molecular weight is 583 g/mol. The molecule has 222 valence electrons. The summed E-state index contributed by atoms with van der Waals surface area (Å²) in [6.45, 7) is 10.3. The van der Waals surface area contributed by atoms with Gasteiger partial charge in [0.1, 0.15) is 5.76 Å². The summed E-state index contributed by atoms with van der Waals surface area (Å²) in [6.07, 6.45) is 2.92. The minimum absolute atomic E-state index is 0.0754. The first-order valence-corrected chi connectivity index (χ1v) is 15.2. The smallest absolute Gasteiger partial charge is 0.311 e. The predicted octanol–water partition coefficient (Wildman–Crippen LogP) is 5.64. The van der Waals surface area contributed by atoms with Gasteiger partial charge < -0.3 is 19.0 Å². The Labute approximate surface area is 244 Å². The molecule has 0 spiro atoms. The van der Waals surface area contributed by atoms with E-state index in [4.69, 9.17) is 14.1 Å². The number of hydrogen-bond donors (Lipinski definition) is 1. The lowest BCUT2D eigenvalue weighted by atomic mass is 9.88. The van der Waals surface area contributed by atoms with Gasteiger partial charge in [-0.25, -0.2) is 9.29 Å². The molecule has 0 saturated heterocycles. The number of fused-ring (bicyclic) bond motifs is 1. The highest BCUT2D eigenvalue weighted by atomic mass is 32.2. The molecule has 1 fully saturated rings. The van der Waals surface area contributed by atoms with Gasteiger partial charge in [0.2, 0.25) is 5.71 Å². The van der Waals surface area contributed by atoms with Crippen molar-refractivity contribution in [2.75, 3.05) is 20.2 Å². The molecule has 2 aromatic heterocycles. The van der Waals surface area contributed by atoms with Crippen LogP contribution in [0, 0.1) is 18.3 Å². The van der Waals surface area contributed by atoms with Crippen molar-refractivity contribution in [2.45, 2.75) is 72.8 Å². The van der Waals surface area contributed by atoms with Crippen LogP contribution in [0.15, 0.2) is 34.7 Å². The summed E-state index contributed by atoms with van der Waals surface area (Å²) in [7, 11) is 1.58. The van der Waals surface area contributed by atoms with Crippen LogP contribution in [0.1, 0.15) is 86.5 Å². The molecule has 1 aliphatic rings. The Morgan fingerprint density at radius 1 is 1.24 bits per heavy atom. The molecule has 1 aliphatic carbocycles. The number of aromatic nitrogens is 1. The third kappa shape index (κ3) is 7.42. The van der Waals surface area contributed by atoms with E-state index in [1.165, 1.54) is 4.31 Å². The zero-order valence-electron chi connectivity index (χ0n) is 24.7. The van der Waals surface area contributed by atoms with E-state index < -0.39 is 16.7 Å². The summed E-state index contributed by atoms with van der Waals surface area (Å²) in [5.41, 5.74) is 3.40. The second-order valence-corrected chi connectivity index (χ2v) is 12.9. The third-order valence-electron chi connectivity index (χ3n) is 7.43. The number of benzene rings is 1. The Bertz CT molecular complexity index is 1430. The van der Waals surface area contributed by atoms with Crippen molar-refractivity contribution in [1.29, 1.82) is 0 Å². The number of nitrogens with zero attached hydrogens (tertiary/aromatic N) is 2. The minimum Gasteiger partial charge on any atom is -0.760 e. The molecule has 0 bridgehead atoms. The zero-order valence-corrected chi connectivity index (χ0v) is 25.6. The maximum atomic E-state index is 13.0. The van der Waals surface area contributed by atoms with Gasteiger partial charge in [0, 0.05) is 30.4 Å². The molecule has 41 heavy (non-hydrogen) atoms. The molecule has 4 rings (SSSR count). The summed E-state index contributed by atoms with van der Waals surface area (Å²) in [5.74, 6) is 0.384. The molecule has 10 heteroatoms. The number of carbonyl (C=O) groups excluding carboxylic acids is 2. The number of pyridine rings is 1. The minimum atomic E-state index is -2.49. The van der Waals surface area contributed by atoms with Crippen LogP contribution in [-0.4, -0.2) is 50.1 Å². The van der Waals surface area contributed by atoms with Crippen LogP contribution in [0.5, 0.6) is 0 Å². The quantitative estimate of drug-likeness (QED) is 0.204. The molecule has 0 radical (unpaired) electrons. The second kappa shape index (κ2) is 12.8. The van der Waals surface area contributed by atoms with E-state index in [9.17, 15) is 18.4 Å². The maximum Gasteiger partial charge on any atom is 0.311 e. The van der Waals surface area contributed by atoms with E-state index in [1.54, 1.807) is 7.05 Å². The number of esters is 1. The summed E-state index contributed by atoms with van der Waals surface area (Å²) in [4.78, 5) is 30.3. The Hall–Kier alpha value is -3.08. The van der Waals surface area contributed by atoms with Gasteiger partial charge in [-0.15, -0.1) is 0 Å². The summed E-state index contributed by atoms with van der Waals surface area (Å²) >= 11 is -2.49. The third-order valence-corrected chi connectivity index (χ3v) is 8.16. The highest BCUT2D eigenvalue weighted by Gasteiger charge is 2.32. The van der Waals surface area contributed by atoms with Crippen molar-refractivity contribution in [3.8, 4) is 11.3 Å².